The molecule has 1 heterocycles. The highest BCUT2D eigenvalue weighted by Gasteiger charge is 2.14. The molecule has 4 nitrogen and oxygen atoms in total. The van der Waals surface area contributed by atoms with E-state index >= 15 is 0 Å². The molecular weight excluding hydrogens is 368 g/mol. The van der Waals surface area contributed by atoms with Crippen LogP contribution in [0.15, 0.2) is 70.9 Å². The molecule has 0 amide bonds. The first-order valence-corrected chi connectivity index (χ1v) is 10.5. The van der Waals surface area contributed by atoms with E-state index in [4.69, 9.17) is 8.92 Å². The highest BCUT2D eigenvalue weighted by atomic mass is 32.2. The average Bonchev–Trinajstić information content (AvgIpc) is 3.13. The molecule has 3 aromatic rings. The van der Waals surface area contributed by atoms with Crippen LogP contribution < -0.4 is 4.74 Å². The fourth-order valence-electron chi connectivity index (χ4n) is 2.39. The van der Waals surface area contributed by atoms with Gasteiger partial charge in [0.2, 0.25) is 0 Å². The largest absolute Gasteiger partial charge is 0.491 e. The number of benzene rings is 2. The van der Waals surface area contributed by atoms with Crippen LogP contribution in [-0.4, -0.2) is 21.6 Å². The standard InChI is InChI=1S/C20H20O4S2/c1-16-4-10-20(11-5-16)26(21,22)24-13-12-23-18-8-6-17(7-9-18)15-19-3-2-14-25-19/h2-11,14H,12-13,15H2,1H3. The Hall–Kier alpha value is -2.15. The number of rotatable bonds is 8. The van der Waals surface area contributed by atoms with Gasteiger partial charge in [-0.3, -0.25) is 4.18 Å². The number of ether oxygens (including phenoxy) is 1. The summed E-state index contributed by atoms with van der Waals surface area (Å²) in [6.07, 6.45) is 0.899. The Labute approximate surface area is 158 Å². The van der Waals surface area contributed by atoms with E-state index in [0.717, 1.165) is 12.0 Å². The van der Waals surface area contributed by atoms with Crippen LogP contribution in [0.5, 0.6) is 5.75 Å². The monoisotopic (exact) mass is 388 g/mol. The third kappa shape index (κ3) is 5.17. The molecule has 0 aliphatic heterocycles. The van der Waals surface area contributed by atoms with Crippen molar-refractivity contribution in [3.63, 3.8) is 0 Å². The first-order chi connectivity index (χ1) is 12.5. The molecule has 3 rings (SSSR count). The maximum atomic E-state index is 12.1. The Kier molecular flexibility index (Phi) is 6.08. The summed E-state index contributed by atoms with van der Waals surface area (Å²) in [5, 5.41) is 2.07. The van der Waals surface area contributed by atoms with Crippen LogP contribution in [0.25, 0.3) is 0 Å². The molecule has 6 heteroatoms. The van der Waals surface area contributed by atoms with E-state index < -0.39 is 10.1 Å². The van der Waals surface area contributed by atoms with Gasteiger partial charge in [0.15, 0.2) is 0 Å². The van der Waals surface area contributed by atoms with Crippen LogP contribution in [0.1, 0.15) is 16.0 Å². The molecule has 0 saturated heterocycles. The number of hydrogen-bond donors (Lipinski definition) is 0. The van der Waals surface area contributed by atoms with Gasteiger partial charge in [-0.25, -0.2) is 0 Å². The minimum Gasteiger partial charge on any atom is -0.491 e. The lowest BCUT2D eigenvalue weighted by molar-refractivity contribution is 0.221. The van der Waals surface area contributed by atoms with E-state index in [0.29, 0.717) is 5.75 Å². The van der Waals surface area contributed by atoms with Crippen molar-refractivity contribution in [3.05, 3.63) is 82.0 Å². The van der Waals surface area contributed by atoms with Gasteiger partial charge >= 0.3 is 0 Å². The van der Waals surface area contributed by atoms with Crippen LogP contribution in [0.2, 0.25) is 0 Å². The predicted octanol–water partition coefficient (Wildman–Crippen LogP) is 4.43. The second-order valence-electron chi connectivity index (χ2n) is 5.84. The van der Waals surface area contributed by atoms with Crippen molar-refractivity contribution in [1.29, 1.82) is 0 Å². The van der Waals surface area contributed by atoms with E-state index in [9.17, 15) is 8.42 Å². The van der Waals surface area contributed by atoms with Gasteiger partial charge in [0.1, 0.15) is 19.0 Å². The lowest BCUT2D eigenvalue weighted by atomic mass is 10.1. The Morgan fingerprint density at radius 1 is 0.923 bits per heavy atom. The predicted molar refractivity (Wildman–Crippen MR) is 103 cm³/mol. The molecule has 0 N–H and O–H groups in total. The number of aryl methyl sites for hydroxylation is 1. The summed E-state index contributed by atoms with van der Waals surface area (Å²) in [5.41, 5.74) is 2.20. The Morgan fingerprint density at radius 2 is 1.65 bits per heavy atom. The van der Waals surface area contributed by atoms with E-state index in [2.05, 4.69) is 11.4 Å². The molecule has 2 aromatic carbocycles. The lowest BCUT2D eigenvalue weighted by Crippen LogP contribution is -2.13. The molecular formula is C20H20O4S2. The van der Waals surface area contributed by atoms with Crippen LogP contribution in [0.4, 0.5) is 0 Å². The third-order valence-electron chi connectivity index (χ3n) is 3.78. The molecule has 0 atom stereocenters. The maximum Gasteiger partial charge on any atom is 0.297 e. The summed E-state index contributed by atoms with van der Waals surface area (Å²) in [6, 6.07) is 18.5. The van der Waals surface area contributed by atoms with Crippen LogP contribution in [0.3, 0.4) is 0 Å². The molecule has 0 spiro atoms. The van der Waals surface area contributed by atoms with E-state index in [1.807, 2.05) is 37.3 Å². The second kappa shape index (κ2) is 8.49. The summed E-state index contributed by atoms with van der Waals surface area (Å²) in [6.45, 7) is 2.03. The molecule has 0 aliphatic rings. The van der Waals surface area contributed by atoms with E-state index in [1.165, 1.54) is 22.6 Å². The van der Waals surface area contributed by atoms with Crippen molar-refractivity contribution in [2.24, 2.45) is 0 Å². The minimum absolute atomic E-state index is 0.0346. The minimum atomic E-state index is -3.75. The molecule has 0 bridgehead atoms. The first-order valence-electron chi connectivity index (χ1n) is 8.23. The van der Waals surface area contributed by atoms with Gasteiger partial charge in [0, 0.05) is 11.3 Å². The fraction of sp³-hybridized carbons (Fsp3) is 0.200. The van der Waals surface area contributed by atoms with Crippen molar-refractivity contribution in [2.75, 3.05) is 13.2 Å². The Bertz CT molecular complexity index is 913. The average molecular weight is 389 g/mol. The Morgan fingerprint density at radius 3 is 2.31 bits per heavy atom. The zero-order chi connectivity index (χ0) is 18.4. The summed E-state index contributed by atoms with van der Waals surface area (Å²) in [7, 11) is -3.75. The van der Waals surface area contributed by atoms with Crippen molar-refractivity contribution in [1.82, 2.24) is 0 Å². The molecule has 136 valence electrons. The highest BCUT2D eigenvalue weighted by Crippen LogP contribution is 2.18. The SMILES string of the molecule is Cc1ccc(S(=O)(=O)OCCOc2ccc(Cc3cccs3)cc2)cc1. The van der Waals surface area contributed by atoms with Gasteiger partial charge in [-0.2, -0.15) is 8.42 Å². The number of hydrogen-bond acceptors (Lipinski definition) is 5. The van der Waals surface area contributed by atoms with E-state index in [-0.39, 0.29) is 18.1 Å². The van der Waals surface area contributed by atoms with Crippen molar-refractivity contribution < 1.29 is 17.3 Å². The van der Waals surface area contributed by atoms with Gasteiger partial charge in [-0.15, -0.1) is 11.3 Å². The summed E-state index contributed by atoms with van der Waals surface area (Å²) < 4.78 is 34.7. The molecule has 0 unspecified atom stereocenters. The van der Waals surface area contributed by atoms with Crippen molar-refractivity contribution in [3.8, 4) is 5.75 Å². The second-order valence-corrected chi connectivity index (χ2v) is 8.49. The van der Waals surface area contributed by atoms with E-state index in [1.54, 1.807) is 23.5 Å². The van der Waals surface area contributed by atoms with Gasteiger partial charge in [0.25, 0.3) is 10.1 Å². The Balaban J connectivity index is 1.46. The first kappa shape index (κ1) is 18.6. The molecule has 0 radical (unpaired) electrons. The maximum absolute atomic E-state index is 12.1. The van der Waals surface area contributed by atoms with Gasteiger partial charge in [-0.1, -0.05) is 35.9 Å². The number of thiophene rings is 1. The molecule has 0 saturated carbocycles. The fourth-order valence-corrected chi connectivity index (χ4v) is 4.03. The van der Waals surface area contributed by atoms with Crippen LogP contribution in [-0.2, 0) is 20.7 Å². The van der Waals surface area contributed by atoms with Crippen molar-refractivity contribution in [2.45, 2.75) is 18.2 Å². The normalized spacial score (nSPS) is 11.4. The van der Waals surface area contributed by atoms with Crippen LogP contribution in [0, 0.1) is 6.92 Å². The lowest BCUT2D eigenvalue weighted by Gasteiger charge is -2.08. The van der Waals surface area contributed by atoms with Crippen LogP contribution >= 0.6 is 11.3 Å². The quantitative estimate of drug-likeness (QED) is 0.423. The summed E-state index contributed by atoms with van der Waals surface area (Å²) >= 11 is 1.74. The smallest absolute Gasteiger partial charge is 0.297 e. The highest BCUT2D eigenvalue weighted by molar-refractivity contribution is 7.86. The molecule has 1 aromatic heterocycles. The van der Waals surface area contributed by atoms with Crippen molar-refractivity contribution >= 4 is 21.5 Å². The van der Waals surface area contributed by atoms with Gasteiger partial charge in [0.05, 0.1) is 4.90 Å². The third-order valence-corrected chi connectivity index (χ3v) is 5.98. The molecule has 0 fully saturated rings. The zero-order valence-corrected chi connectivity index (χ0v) is 16.1. The van der Waals surface area contributed by atoms with Gasteiger partial charge in [-0.05, 0) is 48.2 Å². The summed E-state index contributed by atoms with van der Waals surface area (Å²) in [4.78, 5) is 1.47. The van der Waals surface area contributed by atoms with Gasteiger partial charge < -0.3 is 4.74 Å². The molecule has 26 heavy (non-hydrogen) atoms. The zero-order valence-electron chi connectivity index (χ0n) is 14.4. The topological polar surface area (TPSA) is 52.6 Å². The molecule has 0 aliphatic carbocycles. The summed E-state index contributed by atoms with van der Waals surface area (Å²) in [5.74, 6) is 0.691.